The number of hydrogen-bond donors (Lipinski definition) is 0. The zero-order chi connectivity index (χ0) is 33.6. The Morgan fingerprint density at radius 3 is 1.69 bits per heavy atom. The van der Waals surface area contributed by atoms with Crippen LogP contribution in [0.5, 0.6) is 0 Å². The van der Waals surface area contributed by atoms with E-state index < -0.39 is 0 Å². The molecule has 3 aliphatic rings. The molecule has 8 aromatic carbocycles. The van der Waals surface area contributed by atoms with Crippen molar-refractivity contribution in [3.63, 3.8) is 0 Å². The van der Waals surface area contributed by atoms with Gasteiger partial charge >= 0.3 is 0 Å². The van der Waals surface area contributed by atoms with Gasteiger partial charge in [0.1, 0.15) is 0 Å². The summed E-state index contributed by atoms with van der Waals surface area (Å²) in [5, 5.41) is 0. The minimum atomic E-state index is 0.956. The molecule has 238 valence electrons. The van der Waals surface area contributed by atoms with Crippen molar-refractivity contribution in [1.82, 2.24) is 0 Å². The van der Waals surface area contributed by atoms with E-state index in [2.05, 4.69) is 182 Å². The second-order valence-electron chi connectivity index (χ2n) is 14.0. The first-order valence-electron chi connectivity index (χ1n) is 17.9. The molecular formula is C50H33N. The third kappa shape index (κ3) is 4.03. The predicted octanol–water partition coefficient (Wildman–Crippen LogP) is 13.7. The molecule has 0 N–H and O–H groups in total. The lowest BCUT2D eigenvalue weighted by Gasteiger charge is -2.31. The zero-order valence-electron chi connectivity index (χ0n) is 28.3. The van der Waals surface area contributed by atoms with Crippen molar-refractivity contribution in [2.75, 3.05) is 4.90 Å². The fourth-order valence-electron chi connectivity index (χ4n) is 9.16. The van der Waals surface area contributed by atoms with Gasteiger partial charge in [0.2, 0.25) is 0 Å². The van der Waals surface area contributed by atoms with Crippen LogP contribution in [0.1, 0.15) is 16.7 Å². The molecule has 1 nitrogen and oxygen atoms in total. The summed E-state index contributed by atoms with van der Waals surface area (Å²) in [6, 6.07) is 63.2. The van der Waals surface area contributed by atoms with Crippen LogP contribution in [0.25, 0.3) is 77.9 Å². The molecule has 3 aliphatic carbocycles. The summed E-state index contributed by atoms with van der Waals surface area (Å²) in [5.74, 6) is 0. The Balaban J connectivity index is 1.20. The maximum absolute atomic E-state index is 2.52. The average Bonchev–Trinajstić information content (AvgIpc) is 3.53. The average molecular weight is 648 g/mol. The predicted molar refractivity (Wildman–Crippen MR) is 214 cm³/mol. The van der Waals surface area contributed by atoms with Crippen molar-refractivity contribution >= 4 is 17.1 Å². The van der Waals surface area contributed by atoms with Crippen molar-refractivity contribution in [1.29, 1.82) is 0 Å². The highest BCUT2D eigenvalue weighted by atomic mass is 15.1. The van der Waals surface area contributed by atoms with E-state index in [4.69, 9.17) is 0 Å². The number of fused-ring (bicyclic) bond motifs is 7. The summed E-state index contributed by atoms with van der Waals surface area (Å²) < 4.78 is 0. The molecule has 1 heteroatoms. The Hall–Kier alpha value is -6.44. The molecule has 0 unspecified atom stereocenters. The van der Waals surface area contributed by atoms with Crippen LogP contribution in [0, 0.1) is 6.92 Å². The molecule has 0 heterocycles. The second-order valence-corrected chi connectivity index (χ2v) is 14.0. The summed E-state index contributed by atoms with van der Waals surface area (Å²) in [5.41, 5.74) is 25.9. The quantitative estimate of drug-likeness (QED) is 0.184. The molecule has 11 rings (SSSR count). The van der Waals surface area contributed by atoms with Gasteiger partial charge in [-0.1, -0.05) is 146 Å². The van der Waals surface area contributed by atoms with Gasteiger partial charge in [0.05, 0.1) is 5.69 Å². The monoisotopic (exact) mass is 647 g/mol. The maximum Gasteiger partial charge on any atom is 0.0540 e. The van der Waals surface area contributed by atoms with Gasteiger partial charge in [0, 0.05) is 16.9 Å². The number of anilines is 3. The van der Waals surface area contributed by atoms with Crippen LogP contribution in [0.3, 0.4) is 0 Å². The first-order valence-corrected chi connectivity index (χ1v) is 17.9. The summed E-state index contributed by atoms with van der Waals surface area (Å²) in [7, 11) is 0. The SMILES string of the molecule is Cc1c(N(c2ccc3c(c2)-c2c4cccc2-c2cccc-3c2-c2ccccc2-4)c2ccccc2-c2ccccc2)ccc2c1Cc1ccccc1-2. The summed E-state index contributed by atoms with van der Waals surface area (Å²) in [6.07, 6.45) is 0.956. The normalized spacial score (nSPS) is 12.3. The Bertz CT molecular complexity index is 2710. The van der Waals surface area contributed by atoms with Gasteiger partial charge in [0.25, 0.3) is 0 Å². The second kappa shape index (κ2) is 10.8. The van der Waals surface area contributed by atoms with Crippen molar-refractivity contribution in [2.24, 2.45) is 0 Å². The Kier molecular flexibility index (Phi) is 6.00. The van der Waals surface area contributed by atoms with Gasteiger partial charge in [0.15, 0.2) is 0 Å². The van der Waals surface area contributed by atoms with Gasteiger partial charge in [-0.25, -0.2) is 0 Å². The van der Waals surface area contributed by atoms with Gasteiger partial charge in [-0.15, -0.1) is 0 Å². The number of rotatable bonds is 4. The fourth-order valence-corrected chi connectivity index (χ4v) is 9.16. The molecule has 0 atom stereocenters. The molecule has 0 saturated heterocycles. The first-order chi connectivity index (χ1) is 25.2. The van der Waals surface area contributed by atoms with E-state index in [9.17, 15) is 0 Å². The van der Waals surface area contributed by atoms with Crippen LogP contribution in [0.2, 0.25) is 0 Å². The molecule has 0 saturated carbocycles. The minimum Gasteiger partial charge on any atom is -0.310 e. The molecule has 0 aromatic heterocycles. The van der Waals surface area contributed by atoms with Gasteiger partial charge in [-0.2, -0.15) is 0 Å². The molecule has 0 fully saturated rings. The molecule has 6 bridgehead atoms. The van der Waals surface area contributed by atoms with E-state index in [1.807, 2.05) is 0 Å². The molecular weight excluding hydrogens is 615 g/mol. The third-order valence-electron chi connectivity index (χ3n) is 11.4. The van der Waals surface area contributed by atoms with Crippen LogP contribution in [-0.2, 0) is 6.42 Å². The minimum absolute atomic E-state index is 0.956. The van der Waals surface area contributed by atoms with Crippen LogP contribution in [-0.4, -0.2) is 0 Å². The number of benzene rings is 8. The molecule has 0 aliphatic heterocycles. The van der Waals surface area contributed by atoms with E-state index in [0.29, 0.717) is 0 Å². The van der Waals surface area contributed by atoms with Crippen molar-refractivity contribution < 1.29 is 0 Å². The number of para-hydroxylation sites is 1. The van der Waals surface area contributed by atoms with E-state index in [-0.39, 0.29) is 0 Å². The lowest BCUT2D eigenvalue weighted by atomic mass is 9.83. The third-order valence-corrected chi connectivity index (χ3v) is 11.4. The van der Waals surface area contributed by atoms with E-state index in [0.717, 1.165) is 12.1 Å². The van der Waals surface area contributed by atoms with Crippen molar-refractivity contribution in [3.8, 4) is 77.9 Å². The summed E-state index contributed by atoms with van der Waals surface area (Å²) in [6.45, 7) is 2.32. The molecule has 8 aromatic rings. The lowest BCUT2D eigenvalue weighted by molar-refractivity contribution is 1.18. The summed E-state index contributed by atoms with van der Waals surface area (Å²) >= 11 is 0. The maximum atomic E-state index is 2.52. The molecule has 0 radical (unpaired) electrons. The van der Waals surface area contributed by atoms with Crippen LogP contribution < -0.4 is 4.90 Å². The zero-order valence-corrected chi connectivity index (χ0v) is 28.3. The number of nitrogens with zero attached hydrogens (tertiary/aromatic N) is 1. The molecule has 0 spiro atoms. The number of hydrogen-bond acceptors (Lipinski definition) is 1. The lowest BCUT2D eigenvalue weighted by Crippen LogP contribution is -2.14. The first kappa shape index (κ1) is 28.4. The van der Waals surface area contributed by atoms with Gasteiger partial charge < -0.3 is 4.90 Å². The van der Waals surface area contributed by atoms with Crippen molar-refractivity contribution in [2.45, 2.75) is 13.3 Å². The summed E-state index contributed by atoms with van der Waals surface area (Å²) in [4.78, 5) is 2.52. The Morgan fingerprint density at radius 2 is 0.922 bits per heavy atom. The van der Waals surface area contributed by atoms with E-state index in [1.165, 1.54) is 106 Å². The Labute approximate surface area is 298 Å². The van der Waals surface area contributed by atoms with E-state index in [1.54, 1.807) is 0 Å². The Morgan fingerprint density at radius 1 is 0.373 bits per heavy atom. The van der Waals surface area contributed by atoms with Crippen LogP contribution in [0.15, 0.2) is 170 Å². The topological polar surface area (TPSA) is 3.24 Å². The highest BCUT2D eigenvalue weighted by Gasteiger charge is 2.32. The molecule has 0 amide bonds. The van der Waals surface area contributed by atoms with Gasteiger partial charge in [-0.3, -0.25) is 0 Å². The van der Waals surface area contributed by atoms with Crippen molar-refractivity contribution in [3.05, 3.63) is 187 Å². The smallest absolute Gasteiger partial charge is 0.0540 e. The van der Waals surface area contributed by atoms with Crippen LogP contribution in [0.4, 0.5) is 17.1 Å². The fraction of sp³-hybridized carbons (Fsp3) is 0.0400. The highest BCUT2D eigenvalue weighted by Crippen LogP contribution is 2.58. The molecule has 51 heavy (non-hydrogen) atoms. The van der Waals surface area contributed by atoms with Crippen LogP contribution >= 0.6 is 0 Å². The van der Waals surface area contributed by atoms with Gasteiger partial charge in [-0.05, 0) is 127 Å². The van der Waals surface area contributed by atoms with E-state index >= 15 is 0 Å². The largest absolute Gasteiger partial charge is 0.310 e. The highest BCUT2D eigenvalue weighted by molar-refractivity contribution is 6.15. The standard InChI is InChI=1S/C50H33N/c1-31-45-29-33-15-5-6-16-35(33)38(45)27-28-47(31)51(48-24-10-9-17-36(48)32-13-3-2-4-14-32)34-25-26-39-42-21-12-22-43-44-23-11-20-41(50(44)46(39)30-34)37-18-7-8-19-40(37)49(42)43/h2-28,30H,29H2,1H3.